The lowest BCUT2D eigenvalue weighted by atomic mass is 10.1. The van der Waals surface area contributed by atoms with Crippen molar-refractivity contribution in [2.45, 2.75) is 33.7 Å². The van der Waals surface area contributed by atoms with Gasteiger partial charge in [0.05, 0.1) is 5.69 Å². The summed E-state index contributed by atoms with van der Waals surface area (Å²) in [5.74, 6) is 1.95. The van der Waals surface area contributed by atoms with Crippen molar-refractivity contribution in [3.8, 4) is 11.4 Å². The largest absolute Gasteiger partial charge is 0.361 e. The molecule has 0 radical (unpaired) electrons. The van der Waals surface area contributed by atoms with Crippen molar-refractivity contribution in [1.29, 1.82) is 0 Å². The molecular formula is C20H23N5O2. The molecule has 0 spiro atoms. The number of pyridine rings is 1. The highest BCUT2D eigenvalue weighted by Crippen LogP contribution is 2.26. The smallest absolute Gasteiger partial charge is 0.259 e. The van der Waals surface area contributed by atoms with Crippen molar-refractivity contribution in [2.75, 3.05) is 13.1 Å². The molecule has 1 aliphatic heterocycles. The van der Waals surface area contributed by atoms with Gasteiger partial charge in [0, 0.05) is 49.5 Å². The maximum atomic E-state index is 12.9. The molecule has 4 rings (SSSR count). The van der Waals surface area contributed by atoms with Gasteiger partial charge >= 0.3 is 0 Å². The van der Waals surface area contributed by atoms with Crippen molar-refractivity contribution >= 4 is 5.91 Å². The van der Waals surface area contributed by atoms with Gasteiger partial charge in [-0.1, -0.05) is 5.16 Å². The summed E-state index contributed by atoms with van der Waals surface area (Å²) in [5.41, 5.74) is 3.44. The SMILES string of the molecule is Cc1noc(C)c1C(=O)N1CCC(Cn2c(C)cnc2-c2ccncc2)C1. The summed E-state index contributed by atoms with van der Waals surface area (Å²) >= 11 is 0. The molecule has 140 valence electrons. The highest BCUT2D eigenvalue weighted by Gasteiger charge is 2.31. The standard InChI is InChI=1S/C20H23N5O2/c1-13-10-22-19(17-4-7-21-8-5-17)25(13)12-16-6-9-24(11-16)20(26)18-14(2)23-27-15(18)3/h4-5,7-8,10,16H,6,9,11-12H2,1-3H3. The van der Waals surface area contributed by atoms with E-state index < -0.39 is 0 Å². The molecule has 27 heavy (non-hydrogen) atoms. The van der Waals surface area contributed by atoms with Crippen LogP contribution in [0.1, 0.15) is 33.9 Å². The molecule has 7 nitrogen and oxygen atoms in total. The zero-order valence-electron chi connectivity index (χ0n) is 15.8. The van der Waals surface area contributed by atoms with E-state index in [1.54, 1.807) is 19.3 Å². The number of hydrogen-bond acceptors (Lipinski definition) is 5. The van der Waals surface area contributed by atoms with Gasteiger partial charge in [-0.2, -0.15) is 0 Å². The Morgan fingerprint density at radius 2 is 2.04 bits per heavy atom. The van der Waals surface area contributed by atoms with E-state index in [4.69, 9.17) is 4.52 Å². The molecule has 7 heteroatoms. The Morgan fingerprint density at radius 3 is 2.74 bits per heavy atom. The van der Waals surface area contributed by atoms with Crippen molar-refractivity contribution in [3.63, 3.8) is 0 Å². The molecule has 1 atom stereocenters. The van der Waals surface area contributed by atoms with Crippen molar-refractivity contribution in [2.24, 2.45) is 5.92 Å². The minimum absolute atomic E-state index is 0.0189. The number of rotatable bonds is 4. The number of aryl methyl sites for hydroxylation is 3. The zero-order valence-corrected chi connectivity index (χ0v) is 15.8. The predicted molar refractivity (Wildman–Crippen MR) is 100 cm³/mol. The lowest BCUT2D eigenvalue weighted by Gasteiger charge is -2.18. The minimum atomic E-state index is 0.0189. The molecule has 1 aliphatic rings. The fourth-order valence-corrected chi connectivity index (χ4v) is 3.79. The van der Waals surface area contributed by atoms with Gasteiger partial charge in [0.2, 0.25) is 0 Å². The lowest BCUT2D eigenvalue weighted by Crippen LogP contribution is -2.30. The first-order chi connectivity index (χ1) is 13.0. The van der Waals surface area contributed by atoms with Crippen LogP contribution < -0.4 is 0 Å². The lowest BCUT2D eigenvalue weighted by molar-refractivity contribution is 0.0783. The van der Waals surface area contributed by atoms with E-state index in [-0.39, 0.29) is 5.91 Å². The van der Waals surface area contributed by atoms with Crippen LogP contribution in [0.3, 0.4) is 0 Å². The molecule has 1 amide bonds. The molecule has 0 N–H and O–H groups in total. The average Bonchev–Trinajstić information content (AvgIpc) is 3.37. The number of likely N-dealkylation sites (tertiary alicyclic amines) is 1. The van der Waals surface area contributed by atoms with Crippen LogP contribution >= 0.6 is 0 Å². The molecule has 1 saturated heterocycles. The molecule has 0 bridgehead atoms. The molecule has 1 unspecified atom stereocenters. The van der Waals surface area contributed by atoms with Crippen molar-refractivity contribution in [3.05, 3.63) is 53.4 Å². The van der Waals surface area contributed by atoms with Crippen LogP contribution in [-0.2, 0) is 6.54 Å². The summed E-state index contributed by atoms with van der Waals surface area (Å²) in [4.78, 5) is 23.4. The Bertz CT molecular complexity index is 941. The highest BCUT2D eigenvalue weighted by molar-refractivity contribution is 5.96. The van der Waals surface area contributed by atoms with Crippen LogP contribution in [0.4, 0.5) is 0 Å². The number of imidazole rings is 1. The molecule has 3 aromatic heterocycles. The molecule has 4 heterocycles. The number of amides is 1. The van der Waals surface area contributed by atoms with E-state index in [9.17, 15) is 4.79 Å². The van der Waals surface area contributed by atoms with Gasteiger partial charge in [0.25, 0.3) is 5.91 Å². The number of hydrogen-bond donors (Lipinski definition) is 0. The number of carbonyl (C=O) groups excluding carboxylic acids is 1. The van der Waals surface area contributed by atoms with Crippen LogP contribution in [0.2, 0.25) is 0 Å². The van der Waals surface area contributed by atoms with Crippen LogP contribution in [0.15, 0.2) is 35.2 Å². The summed E-state index contributed by atoms with van der Waals surface area (Å²) < 4.78 is 7.39. The van der Waals surface area contributed by atoms with E-state index in [0.717, 1.165) is 43.1 Å². The van der Waals surface area contributed by atoms with Gasteiger partial charge in [0.15, 0.2) is 0 Å². The minimum Gasteiger partial charge on any atom is -0.361 e. The maximum absolute atomic E-state index is 12.9. The first-order valence-corrected chi connectivity index (χ1v) is 9.19. The second-order valence-corrected chi connectivity index (χ2v) is 7.17. The average molecular weight is 365 g/mol. The van der Waals surface area contributed by atoms with Crippen LogP contribution in [0.25, 0.3) is 11.4 Å². The number of carbonyl (C=O) groups is 1. The number of nitrogens with zero attached hydrogens (tertiary/aromatic N) is 5. The van der Waals surface area contributed by atoms with Gasteiger partial charge in [0.1, 0.15) is 17.1 Å². The summed E-state index contributed by atoms with van der Waals surface area (Å²) in [6, 6.07) is 3.94. The fourth-order valence-electron chi connectivity index (χ4n) is 3.79. The van der Waals surface area contributed by atoms with Crippen LogP contribution in [0.5, 0.6) is 0 Å². The first kappa shape index (κ1) is 17.5. The Balaban J connectivity index is 1.50. The molecular weight excluding hydrogens is 342 g/mol. The predicted octanol–water partition coefficient (Wildman–Crippen LogP) is 3.02. The van der Waals surface area contributed by atoms with E-state index in [1.807, 2.05) is 30.2 Å². The van der Waals surface area contributed by atoms with Crippen molar-refractivity contribution in [1.82, 2.24) is 24.6 Å². The van der Waals surface area contributed by atoms with Crippen LogP contribution in [-0.4, -0.2) is 43.6 Å². The Morgan fingerprint density at radius 1 is 1.26 bits per heavy atom. The van der Waals surface area contributed by atoms with E-state index in [2.05, 4.69) is 26.6 Å². The molecule has 3 aromatic rings. The Hall–Kier alpha value is -2.96. The molecule has 0 aromatic carbocycles. The second kappa shape index (κ2) is 6.98. The highest BCUT2D eigenvalue weighted by atomic mass is 16.5. The van der Waals surface area contributed by atoms with Gasteiger partial charge in [-0.15, -0.1) is 0 Å². The summed E-state index contributed by atoms with van der Waals surface area (Å²) in [7, 11) is 0. The Kier molecular flexibility index (Phi) is 4.51. The third-order valence-corrected chi connectivity index (χ3v) is 5.25. The molecule has 0 aliphatic carbocycles. The summed E-state index contributed by atoms with van der Waals surface area (Å²) in [6.07, 6.45) is 6.44. The van der Waals surface area contributed by atoms with E-state index in [0.29, 0.717) is 22.9 Å². The van der Waals surface area contributed by atoms with Crippen molar-refractivity contribution < 1.29 is 9.32 Å². The molecule has 0 saturated carbocycles. The maximum Gasteiger partial charge on any atom is 0.259 e. The summed E-state index contributed by atoms with van der Waals surface area (Å²) in [5, 5.41) is 3.91. The fraction of sp³-hybridized carbons (Fsp3) is 0.400. The first-order valence-electron chi connectivity index (χ1n) is 9.19. The third-order valence-electron chi connectivity index (χ3n) is 5.25. The van der Waals surface area contributed by atoms with Gasteiger partial charge in [-0.25, -0.2) is 4.98 Å². The van der Waals surface area contributed by atoms with Gasteiger partial charge < -0.3 is 14.0 Å². The second-order valence-electron chi connectivity index (χ2n) is 7.17. The third kappa shape index (κ3) is 3.25. The van der Waals surface area contributed by atoms with Gasteiger partial charge in [-0.3, -0.25) is 9.78 Å². The zero-order chi connectivity index (χ0) is 19.0. The molecule has 1 fully saturated rings. The number of aromatic nitrogens is 4. The topological polar surface area (TPSA) is 77.0 Å². The monoisotopic (exact) mass is 365 g/mol. The van der Waals surface area contributed by atoms with E-state index in [1.165, 1.54) is 0 Å². The van der Waals surface area contributed by atoms with Crippen LogP contribution in [0, 0.1) is 26.7 Å². The van der Waals surface area contributed by atoms with Gasteiger partial charge in [-0.05, 0) is 45.2 Å². The quantitative estimate of drug-likeness (QED) is 0.710. The normalized spacial score (nSPS) is 16.9. The van der Waals surface area contributed by atoms with E-state index >= 15 is 0 Å². The summed E-state index contributed by atoms with van der Waals surface area (Å²) in [6.45, 7) is 8.00. The Labute approximate surface area is 158 Å².